The predicted octanol–water partition coefficient (Wildman–Crippen LogP) is 3.70. The Morgan fingerprint density at radius 1 is 1.28 bits per heavy atom. The largest absolute Gasteiger partial charge is 0.508 e. The molecule has 1 fully saturated rings. The highest BCUT2D eigenvalue weighted by Gasteiger charge is 2.28. The summed E-state index contributed by atoms with van der Waals surface area (Å²) in [7, 11) is 0. The molecule has 0 aliphatic carbocycles. The summed E-state index contributed by atoms with van der Waals surface area (Å²) in [5.41, 5.74) is 2.77. The number of hydrogen-bond acceptors (Lipinski definition) is 3. The number of rotatable bonds is 6. The highest BCUT2D eigenvalue weighted by molar-refractivity contribution is 5.92. The van der Waals surface area contributed by atoms with E-state index in [0.29, 0.717) is 11.4 Å². The number of carbonyl (C=O) groups is 1. The van der Waals surface area contributed by atoms with Gasteiger partial charge in [0.05, 0.1) is 0 Å². The summed E-state index contributed by atoms with van der Waals surface area (Å²) in [5, 5.41) is 16.6. The number of aryl methyl sites for hydroxylation is 2. The van der Waals surface area contributed by atoms with Gasteiger partial charge in [-0.2, -0.15) is 5.10 Å². The Kier molecular flexibility index (Phi) is 5.74. The van der Waals surface area contributed by atoms with Crippen molar-refractivity contribution in [1.29, 1.82) is 0 Å². The number of carbonyl (C=O) groups excluding carboxylic acids is 1. The summed E-state index contributed by atoms with van der Waals surface area (Å²) < 4.78 is 0. The molecule has 1 aromatic carbocycles. The number of aromatic amines is 1. The van der Waals surface area contributed by atoms with Gasteiger partial charge in [-0.05, 0) is 62.3 Å². The van der Waals surface area contributed by atoms with Crippen LogP contribution >= 0.6 is 0 Å². The van der Waals surface area contributed by atoms with Gasteiger partial charge in [-0.1, -0.05) is 25.5 Å². The molecule has 1 amide bonds. The average Bonchev–Trinajstić information content (AvgIpc) is 3.10. The summed E-state index contributed by atoms with van der Waals surface area (Å²) in [6.45, 7) is 2.93. The summed E-state index contributed by atoms with van der Waals surface area (Å²) in [6.07, 6.45) is 7.11. The number of aromatic hydroxyl groups is 1. The van der Waals surface area contributed by atoms with Crippen LogP contribution in [-0.4, -0.2) is 38.7 Å². The van der Waals surface area contributed by atoms with Crippen LogP contribution in [0.2, 0.25) is 0 Å². The molecule has 1 aromatic heterocycles. The van der Waals surface area contributed by atoms with Gasteiger partial charge in [0.25, 0.3) is 5.91 Å². The lowest BCUT2D eigenvalue weighted by Crippen LogP contribution is -2.44. The molecule has 0 unspecified atom stereocenters. The van der Waals surface area contributed by atoms with Crippen LogP contribution in [0.4, 0.5) is 0 Å². The molecular weight excluding hydrogens is 314 g/mol. The zero-order valence-corrected chi connectivity index (χ0v) is 14.9. The second-order valence-electron chi connectivity index (χ2n) is 6.88. The minimum atomic E-state index is 0.0500. The van der Waals surface area contributed by atoms with Crippen LogP contribution in [0.5, 0.6) is 5.75 Å². The lowest BCUT2D eigenvalue weighted by atomic mass is 9.95. The van der Waals surface area contributed by atoms with Crippen molar-refractivity contribution in [3.05, 3.63) is 47.3 Å². The first-order chi connectivity index (χ1) is 12.2. The molecule has 5 heteroatoms. The number of nitrogens with zero attached hydrogens (tertiary/aromatic N) is 2. The number of aromatic nitrogens is 2. The molecule has 3 rings (SSSR count). The summed E-state index contributed by atoms with van der Waals surface area (Å²) >= 11 is 0. The maximum atomic E-state index is 12.9. The van der Waals surface area contributed by atoms with E-state index in [1.807, 2.05) is 23.1 Å². The molecule has 134 valence electrons. The second kappa shape index (κ2) is 8.19. The van der Waals surface area contributed by atoms with Crippen molar-refractivity contribution >= 4 is 5.91 Å². The molecule has 1 saturated heterocycles. The van der Waals surface area contributed by atoms with Crippen molar-refractivity contribution < 1.29 is 9.90 Å². The Morgan fingerprint density at radius 3 is 2.84 bits per heavy atom. The zero-order chi connectivity index (χ0) is 17.6. The van der Waals surface area contributed by atoms with Crippen LogP contribution in [0.15, 0.2) is 30.3 Å². The van der Waals surface area contributed by atoms with Crippen molar-refractivity contribution in [1.82, 2.24) is 15.1 Å². The van der Waals surface area contributed by atoms with Crippen molar-refractivity contribution in [2.45, 2.75) is 57.9 Å². The molecule has 25 heavy (non-hydrogen) atoms. The molecule has 0 spiro atoms. The summed E-state index contributed by atoms with van der Waals surface area (Å²) in [5.74, 6) is 0.341. The van der Waals surface area contributed by atoms with E-state index in [4.69, 9.17) is 0 Å². The van der Waals surface area contributed by atoms with Gasteiger partial charge in [0.2, 0.25) is 0 Å². The minimum absolute atomic E-state index is 0.0500. The van der Waals surface area contributed by atoms with Crippen LogP contribution in [0.25, 0.3) is 0 Å². The lowest BCUT2D eigenvalue weighted by Gasteiger charge is -2.35. The third-order valence-corrected chi connectivity index (χ3v) is 4.96. The summed E-state index contributed by atoms with van der Waals surface area (Å²) in [6, 6.07) is 9.51. The fourth-order valence-electron chi connectivity index (χ4n) is 3.58. The minimum Gasteiger partial charge on any atom is -0.508 e. The lowest BCUT2D eigenvalue weighted by molar-refractivity contribution is 0.0596. The molecular formula is C20H27N3O2. The highest BCUT2D eigenvalue weighted by atomic mass is 16.3. The fraction of sp³-hybridized carbons (Fsp3) is 0.500. The number of H-pyrrole nitrogens is 1. The third-order valence-electron chi connectivity index (χ3n) is 4.96. The van der Waals surface area contributed by atoms with Crippen LogP contribution in [0, 0.1) is 0 Å². The second-order valence-corrected chi connectivity index (χ2v) is 6.88. The van der Waals surface area contributed by atoms with Gasteiger partial charge < -0.3 is 10.0 Å². The quantitative estimate of drug-likeness (QED) is 0.842. The molecule has 5 nitrogen and oxygen atoms in total. The standard InChI is InChI=1S/C20H27N3O2/c1-2-5-16-14-19(22-21-16)20(25)23-13-4-3-6-17(23)10-7-15-8-11-18(24)12-9-15/h8-9,11-12,14,17,24H,2-7,10,13H2,1H3,(H,21,22)/t17-/m0/s1. The van der Waals surface area contributed by atoms with E-state index >= 15 is 0 Å². The molecule has 0 radical (unpaired) electrons. The fourth-order valence-corrected chi connectivity index (χ4v) is 3.58. The van der Waals surface area contributed by atoms with E-state index in [1.54, 1.807) is 12.1 Å². The topological polar surface area (TPSA) is 69.2 Å². The monoisotopic (exact) mass is 341 g/mol. The first-order valence-corrected chi connectivity index (χ1v) is 9.30. The van der Waals surface area contributed by atoms with Crippen LogP contribution in [0.1, 0.15) is 60.8 Å². The van der Waals surface area contributed by atoms with Crippen molar-refractivity contribution in [3.63, 3.8) is 0 Å². The molecule has 1 aliphatic heterocycles. The van der Waals surface area contributed by atoms with E-state index in [2.05, 4.69) is 17.1 Å². The molecule has 1 aliphatic rings. The van der Waals surface area contributed by atoms with E-state index in [1.165, 1.54) is 12.0 Å². The SMILES string of the molecule is CCCc1cc(C(=O)N2CCCC[C@H]2CCc2ccc(O)cc2)n[nH]1. The van der Waals surface area contributed by atoms with Gasteiger partial charge in [0, 0.05) is 18.3 Å². The van der Waals surface area contributed by atoms with E-state index in [0.717, 1.165) is 50.8 Å². The number of hydrogen-bond donors (Lipinski definition) is 2. The number of benzene rings is 1. The van der Waals surface area contributed by atoms with Crippen molar-refractivity contribution in [2.24, 2.45) is 0 Å². The Morgan fingerprint density at radius 2 is 2.08 bits per heavy atom. The molecule has 1 atom stereocenters. The Hall–Kier alpha value is -2.30. The van der Waals surface area contributed by atoms with Gasteiger partial charge in [0.15, 0.2) is 0 Å². The van der Waals surface area contributed by atoms with Gasteiger partial charge in [-0.25, -0.2) is 0 Å². The Balaban J connectivity index is 1.65. The first-order valence-electron chi connectivity index (χ1n) is 9.30. The van der Waals surface area contributed by atoms with E-state index in [-0.39, 0.29) is 11.9 Å². The number of phenolic OH excluding ortho intramolecular Hbond substituents is 1. The van der Waals surface area contributed by atoms with Crippen molar-refractivity contribution in [3.8, 4) is 5.75 Å². The molecule has 2 heterocycles. The molecule has 0 bridgehead atoms. The number of phenols is 1. The van der Waals surface area contributed by atoms with Gasteiger partial charge in [-0.15, -0.1) is 0 Å². The highest BCUT2D eigenvalue weighted by Crippen LogP contribution is 2.24. The molecule has 0 saturated carbocycles. The maximum Gasteiger partial charge on any atom is 0.274 e. The predicted molar refractivity (Wildman–Crippen MR) is 97.7 cm³/mol. The van der Waals surface area contributed by atoms with Crippen LogP contribution in [0.3, 0.4) is 0 Å². The Labute approximate surface area is 149 Å². The number of nitrogens with one attached hydrogen (secondary N) is 1. The van der Waals surface area contributed by atoms with E-state index < -0.39 is 0 Å². The normalized spacial score (nSPS) is 17.6. The third kappa shape index (κ3) is 4.41. The van der Waals surface area contributed by atoms with Gasteiger partial charge in [-0.3, -0.25) is 9.89 Å². The van der Waals surface area contributed by atoms with Crippen LogP contribution < -0.4 is 0 Å². The summed E-state index contributed by atoms with van der Waals surface area (Å²) in [4.78, 5) is 14.9. The zero-order valence-electron chi connectivity index (χ0n) is 14.9. The number of likely N-dealkylation sites (tertiary alicyclic amines) is 1. The van der Waals surface area contributed by atoms with Crippen LogP contribution in [-0.2, 0) is 12.8 Å². The maximum absolute atomic E-state index is 12.9. The smallest absolute Gasteiger partial charge is 0.274 e. The molecule has 2 N–H and O–H groups in total. The number of piperidine rings is 1. The average molecular weight is 341 g/mol. The van der Waals surface area contributed by atoms with Gasteiger partial charge >= 0.3 is 0 Å². The Bertz CT molecular complexity index is 693. The first kappa shape index (κ1) is 17.5. The van der Waals surface area contributed by atoms with Gasteiger partial charge in [0.1, 0.15) is 11.4 Å². The number of amides is 1. The molecule has 2 aromatic rings. The van der Waals surface area contributed by atoms with Crippen molar-refractivity contribution in [2.75, 3.05) is 6.54 Å². The van der Waals surface area contributed by atoms with E-state index in [9.17, 15) is 9.90 Å².